The average Bonchev–Trinajstić information content (AvgIpc) is 3.16. The molecule has 1 aromatic carbocycles. The number of aromatic nitrogens is 3. The number of rotatable bonds is 4. The molecule has 7 heteroatoms. The third kappa shape index (κ3) is 3.76. The smallest absolute Gasteiger partial charge is 0.279 e. The number of carbonyl (C=O) groups excluding carboxylic acids is 1. The van der Waals surface area contributed by atoms with Gasteiger partial charge in [-0.15, -0.1) is 0 Å². The Morgan fingerprint density at radius 1 is 1.27 bits per heavy atom. The number of nitrogens with zero attached hydrogens (tertiary/aromatic N) is 3. The lowest BCUT2D eigenvalue weighted by atomic mass is 9.78. The number of benzene rings is 1. The molecule has 26 heavy (non-hydrogen) atoms. The van der Waals surface area contributed by atoms with Crippen LogP contribution >= 0.6 is 11.6 Å². The van der Waals surface area contributed by atoms with Crippen molar-refractivity contribution in [2.24, 2.45) is 5.92 Å². The zero-order chi connectivity index (χ0) is 17.9. The van der Waals surface area contributed by atoms with E-state index in [2.05, 4.69) is 15.4 Å². The summed E-state index contributed by atoms with van der Waals surface area (Å²) in [6.45, 7) is 1.62. The number of hydrogen-bond donors (Lipinski definition) is 2. The Balaban J connectivity index is 1.47. The predicted octanol–water partition coefficient (Wildman–Crippen LogP) is 2.10. The van der Waals surface area contributed by atoms with Gasteiger partial charge in [-0.3, -0.25) is 4.79 Å². The Labute approximate surface area is 158 Å². The van der Waals surface area contributed by atoms with E-state index in [4.69, 9.17) is 11.6 Å². The van der Waals surface area contributed by atoms with Crippen LogP contribution in [0.15, 0.2) is 30.9 Å². The highest BCUT2D eigenvalue weighted by atomic mass is 35.5. The molecular weight excluding hydrogens is 350 g/mol. The first kappa shape index (κ1) is 17.5. The van der Waals surface area contributed by atoms with Crippen molar-refractivity contribution in [3.63, 3.8) is 0 Å². The molecule has 1 aromatic heterocycles. The molecule has 2 aromatic rings. The van der Waals surface area contributed by atoms with E-state index in [0.29, 0.717) is 23.3 Å². The Kier molecular flexibility index (Phi) is 5.22. The van der Waals surface area contributed by atoms with Crippen LogP contribution in [0.25, 0.3) is 5.69 Å². The number of fused-ring (bicyclic) bond motifs is 1. The monoisotopic (exact) mass is 374 g/mol. The van der Waals surface area contributed by atoms with Gasteiger partial charge >= 0.3 is 0 Å². The van der Waals surface area contributed by atoms with Gasteiger partial charge in [-0.05, 0) is 50.3 Å². The molecule has 0 spiro atoms. The van der Waals surface area contributed by atoms with Crippen molar-refractivity contribution >= 4 is 23.2 Å². The normalized spacial score (nSPS) is 25.5. The summed E-state index contributed by atoms with van der Waals surface area (Å²) in [6.07, 6.45) is 10.9. The maximum atomic E-state index is 12.8. The highest BCUT2D eigenvalue weighted by Gasteiger charge is 2.37. The fraction of sp³-hybridized carbons (Fsp3) is 0.526. The van der Waals surface area contributed by atoms with E-state index in [9.17, 15) is 4.79 Å². The van der Waals surface area contributed by atoms with Gasteiger partial charge < -0.3 is 10.2 Å². The Morgan fingerprint density at radius 3 is 2.96 bits per heavy atom. The molecule has 1 unspecified atom stereocenters. The summed E-state index contributed by atoms with van der Waals surface area (Å²) in [6, 6.07) is 6.05. The number of halogens is 1. The van der Waals surface area contributed by atoms with Crippen molar-refractivity contribution in [1.29, 1.82) is 0 Å². The van der Waals surface area contributed by atoms with Crippen molar-refractivity contribution in [3.05, 3.63) is 35.9 Å². The number of anilines is 1. The Bertz CT molecular complexity index is 761. The van der Waals surface area contributed by atoms with Crippen molar-refractivity contribution in [2.45, 2.75) is 44.6 Å². The van der Waals surface area contributed by atoms with Crippen LogP contribution < -0.4 is 10.2 Å². The summed E-state index contributed by atoms with van der Waals surface area (Å²) in [5.41, 5.74) is 1.44. The molecule has 1 aliphatic carbocycles. The Morgan fingerprint density at radius 2 is 2.12 bits per heavy atom. The molecule has 2 aliphatic rings. The molecule has 3 atom stereocenters. The number of piperidine rings is 1. The number of carbonyl (C=O) groups is 1. The number of nitrogens with one attached hydrogen (secondary N) is 2. The second-order valence-electron chi connectivity index (χ2n) is 7.43. The summed E-state index contributed by atoms with van der Waals surface area (Å²) >= 11 is 6.14. The standard InChI is InChI=1S/C19H24ClN5O/c20-15-7-8-18(25-13-21-12-22-25)16(10-15)23-19(26)11-24-9-3-5-14-4-1-2-6-17(14)24/h7-8,10,12-14,17H,1-6,9,11H2,(H,23,26)/p+1/t14-,17+/m1/s1. The lowest BCUT2D eigenvalue weighted by Gasteiger charge is -2.40. The lowest BCUT2D eigenvalue weighted by molar-refractivity contribution is -0.928. The fourth-order valence-electron chi connectivity index (χ4n) is 4.63. The van der Waals surface area contributed by atoms with Gasteiger partial charge in [-0.25, -0.2) is 9.67 Å². The zero-order valence-corrected chi connectivity index (χ0v) is 15.6. The van der Waals surface area contributed by atoms with E-state index in [-0.39, 0.29) is 5.91 Å². The summed E-state index contributed by atoms with van der Waals surface area (Å²) < 4.78 is 1.64. The van der Waals surface area contributed by atoms with Gasteiger partial charge in [0.25, 0.3) is 5.91 Å². The number of likely N-dealkylation sites (tertiary alicyclic amines) is 1. The number of quaternary nitrogens is 1. The molecule has 6 nitrogen and oxygen atoms in total. The molecule has 2 fully saturated rings. The van der Waals surface area contributed by atoms with Gasteiger partial charge in [0.1, 0.15) is 12.7 Å². The Hall–Kier alpha value is -1.92. The molecule has 1 saturated carbocycles. The van der Waals surface area contributed by atoms with E-state index in [1.165, 1.54) is 49.8 Å². The van der Waals surface area contributed by atoms with Crippen molar-refractivity contribution in [1.82, 2.24) is 14.8 Å². The lowest BCUT2D eigenvalue weighted by Crippen LogP contribution is -3.18. The van der Waals surface area contributed by atoms with Crippen LogP contribution in [-0.4, -0.2) is 39.8 Å². The van der Waals surface area contributed by atoms with Gasteiger partial charge in [0.2, 0.25) is 0 Å². The molecule has 0 bridgehead atoms. The molecular formula is C19H25ClN5O+. The van der Waals surface area contributed by atoms with Crippen LogP contribution in [0, 0.1) is 5.92 Å². The van der Waals surface area contributed by atoms with Gasteiger partial charge in [0.05, 0.1) is 24.0 Å². The molecule has 138 valence electrons. The molecule has 1 aliphatic heterocycles. The van der Waals surface area contributed by atoms with Crippen LogP contribution in [0.4, 0.5) is 5.69 Å². The predicted molar refractivity (Wildman–Crippen MR) is 101 cm³/mol. The third-order valence-corrected chi connectivity index (χ3v) is 6.03. The summed E-state index contributed by atoms with van der Waals surface area (Å²) in [4.78, 5) is 18.2. The van der Waals surface area contributed by atoms with Gasteiger partial charge in [0.15, 0.2) is 6.54 Å². The molecule has 1 amide bonds. The van der Waals surface area contributed by atoms with Crippen molar-refractivity contribution in [2.75, 3.05) is 18.4 Å². The summed E-state index contributed by atoms with van der Waals surface area (Å²) in [5, 5.41) is 7.79. The average molecular weight is 375 g/mol. The van der Waals surface area contributed by atoms with Gasteiger partial charge in [-0.1, -0.05) is 18.0 Å². The topological polar surface area (TPSA) is 64.2 Å². The zero-order valence-electron chi connectivity index (χ0n) is 14.8. The van der Waals surface area contributed by atoms with Gasteiger partial charge in [0, 0.05) is 10.9 Å². The maximum absolute atomic E-state index is 12.8. The van der Waals surface area contributed by atoms with E-state index in [1.54, 1.807) is 23.1 Å². The van der Waals surface area contributed by atoms with Crippen LogP contribution in [-0.2, 0) is 4.79 Å². The quantitative estimate of drug-likeness (QED) is 0.861. The van der Waals surface area contributed by atoms with Crippen LogP contribution in [0.3, 0.4) is 0 Å². The molecule has 2 N–H and O–H groups in total. The first-order chi connectivity index (χ1) is 12.7. The molecule has 0 radical (unpaired) electrons. The molecule has 2 heterocycles. The maximum Gasteiger partial charge on any atom is 0.279 e. The van der Waals surface area contributed by atoms with E-state index >= 15 is 0 Å². The minimum atomic E-state index is 0.0369. The first-order valence-electron chi connectivity index (χ1n) is 9.49. The minimum absolute atomic E-state index is 0.0369. The van der Waals surface area contributed by atoms with Crippen molar-refractivity contribution < 1.29 is 9.69 Å². The van der Waals surface area contributed by atoms with E-state index in [0.717, 1.165) is 18.2 Å². The van der Waals surface area contributed by atoms with Gasteiger partial charge in [-0.2, -0.15) is 5.10 Å². The molecule has 4 rings (SSSR count). The van der Waals surface area contributed by atoms with Crippen molar-refractivity contribution in [3.8, 4) is 5.69 Å². The van der Waals surface area contributed by atoms with E-state index in [1.807, 2.05) is 6.07 Å². The SMILES string of the molecule is O=C(C[NH+]1CCC[C@H]2CCCC[C@@H]21)Nc1cc(Cl)ccc1-n1cncn1. The van der Waals surface area contributed by atoms with Crippen LogP contribution in [0.2, 0.25) is 5.02 Å². The number of amides is 1. The third-order valence-electron chi connectivity index (χ3n) is 5.79. The highest BCUT2D eigenvalue weighted by Crippen LogP contribution is 2.28. The molecule has 1 saturated heterocycles. The van der Waals surface area contributed by atoms with E-state index < -0.39 is 0 Å². The highest BCUT2D eigenvalue weighted by molar-refractivity contribution is 6.31. The summed E-state index contributed by atoms with van der Waals surface area (Å²) in [7, 11) is 0. The van der Waals surface area contributed by atoms with Crippen LogP contribution in [0.5, 0.6) is 0 Å². The largest absolute Gasteiger partial charge is 0.324 e. The first-order valence-corrected chi connectivity index (χ1v) is 9.87. The second kappa shape index (κ2) is 7.76. The van der Waals surface area contributed by atoms with Crippen LogP contribution in [0.1, 0.15) is 38.5 Å². The summed E-state index contributed by atoms with van der Waals surface area (Å²) in [5.74, 6) is 0.840. The number of hydrogen-bond acceptors (Lipinski definition) is 3. The second-order valence-corrected chi connectivity index (χ2v) is 7.86. The fourth-order valence-corrected chi connectivity index (χ4v) is 4.80. The minimum Gasteiger partial charge on any atom is -0.324 e.